The van der Waals surface area contributed by atoms with Crippen LogP contribution in [0, 0.1) is 6.92 Å². The van der Waals surface area contributed by atoms with Gasteiger partial charge in [0.05, 0.1) is 11.9 Å². The Morgan fingerprint density at radius 2 is 2.26 bits per heavy atom. The number of anilines is 1. The zero-order chi connectivity index (χ0) is 13.4. The molecule has 0 aliphatic carbocycles. The largest absolute Gasteiger partial charge is 0.302 e. The number of thioether (sulfide) groups is 1. The standard InChI is InChI=1S/C13H15N5S/c1-8-3-4-15-11(5-8)18-12(9(2)19-13(18)14)10-6-16-17-7-10/h3-7,13H,14H2,1-2H3,(H,16,17). The van der Waals surface area contributed by atoms with Crippen molar-refractivity contribution in [2.75, 3.05) is 4.90 Å². The summed E-state index contributed by atoms with van der Waals surface area (Å²) in [5.74, 6) is 0.869. The third-order valence-corrected chi connectivity index (χ3v) is 4.05. The Balaban J connectivity index is 2.08. The van der Waals surface area contributed by atoms with Crippen molar-refractivity contribution in [1.29, 1.82) is 0 Å². The van der Waals surface area contributed by atoms with Crippen LogP contribution in [-0.2, 0) is 0 Å². The van der Waals surface area contributed by atoms with E-state index in [0.717, 1.165) is 17.1 Å². The van der Waals surface area contributed by atoms with Crippen LogP contribution in [0.2, 0.25) is 0 Å². The van der Waals surface area contributed by atoms with Crippen LogP contribution < -0.4 is 10.6 Å². The molecule has 19 heavy (non-hydrogen) atoms. The molecule has 1 atom stereocenters. The van der Waals surface area contributed by atoms with E-state index < -0.39 is 0 Å². The molecule has 3 N–H and O–H groups in total. The van der Waals surface area contributed by atoms with Crippen molar-refractivity contribution in [3.05, 3.63) is 46.8 Å². The molecule has 3 heterocycles. The number of nitrogens with zero attached hydrogens (tertiary/aromatic N) is 3. The Morgan fingerprint density at radius 3 is 2.95 bits per heavy atom. The van der Waals surface area contributed by atoms with Gasteiger partial charge in [-0.15, -0.1) is 0 Å². The highest BCUT2D eigenvalue weighted by Crippen LogP contribution is 2.42. The average Bonchev–Trinajstić information content (AvgIpc) is 2.96. The minimum absolute atomic E-state index is 0.154. The molecule has 1 unspecified atom stereocenters. The van der Waals surface area contributed by atoms with Gasteiger partial charge in [-0.3, -0.25) is 10.00 Å². The van der Waals surface area contributed by atoms with Crippen molar-refractivity contribution < 1.29 is 0 Å². The topological polar surface area (TPSA) is 70.8 Å². The van der Waals surface area contributed by atoms with Crippen LogP contribution in [0.25, 0.3) is 5.70 Å². The molecule has 0 aromatic carbocycles. The van der Waals surface area contributed by atoms with Crippen LogP contribution in [0.15, 0.2) is 35.6 Å². The lowest BCUT2D eigenvalue weighted by atomic mass is 10.2. The lowest BCUT2D eigenvalue weighted by Crippen LogP contribution is -2.35. The summed E-state index contributed by atoms with van der Waals surface area (Å²) in [5.41, 5.74) is 9.34. The number of aromatic amines is 1. The second-order valence-corrected chi connectivity index (χ2v) is 5.79. The van der Waals surface area contributed by atoms with Crippen molar-refractivity contribution in [2.24, 2.45) is 5.73 Å². The van der Waals surface area contributed by atoms with E-state index in [1.165, 1.54) is 10.5 Å². The van der Waals surface area contributed by atoms with E-state index in [1.54, 1.807) is 18.0 Å². The summed E-state index contributed by atoms with van der Waals surface area (Å²) < 4.78 is 0. The van der Waals surface area contributed by atoms with Crippen molar-refractivity contribution in [2.45, 2.75) is 19.3 Å². The maximum absolute atomic E-state index is 6.22. The number of hydrogen-bond donors (Lipinski definition) is 2. The molecule has 0 fully saturated rings. The number of pyridine rings is 1. The van der Waals surface area contributed by atoms with Gasteiger partial charge in [-0.25, -0.2) is 4.98 Å². The first-order valence-electron chi connectivity index (χ1n) is 6.01. The molecule has 0 amide bonds. The Kier molecular flexibility index (Phi) is 3.04. The van der Waals surface area contributed by atoms with E-state index in [0.29, 0.717) is 0 Å². The van der Waals surface area contributed by atoms with Crippen molar-refractivity contribution in [1.82, 2.24) is 15.2 Å². The number of nitrogens with one attached hydrogen (secondary N) is 1. The van der Waals surface area contributed by atoms with E-state index in [-0.39, 0.29) is 5.50 Å². The van der Waals surface area contributed by atoms with Gasteiger partial charge in [0.1, 0.15) is 11.3 Å². The molecule has 2 aromatic heterocycles. The fourth-order valence-electron chi connectivity index (χ4n) is 2.21. The van der Waals surface area contributed by atoms with Crippen LogP contribution in [-0.4, -0.2) is 20.7 Å². The Labute approximate surface area is 115 Å². The summed E-state index contributed by atoms with van der Waals surface area (Å²) in [4.78, 5) is 7.67. The van der Waals surface area contributed by atoms with Gasteiger partial charge in [0.25, 0.3) is 0 Å². The maximum atomic E-state index is 6.22. The summed E-state index contributed by atoms with van der Waals surface area (Å²) in [6.07, 6.45) is 5.49. The van der Waals surface area contributed by atoms with Gasteiger partial charge in [0.2, 0.25) is 0 Å². The quantitative estimate of drug-likeness (QED) is 0.878. The molecule has 6 heteroatoms. The van der Waals surface area contributed by atoms with Crippen LogP contribution in [0.3, 0.4) is 0 Å². The first kappa shape index (κ1) is 12.3. The zero-order valence-corrected chi connectivity index (χ0v) is 11.6. The average molecular weight is 273 g/mol. The van der Waals surface area contributed by atoms with E-state index in [1.807, 2.05) is 31.5 Å². The van der Waals surface area contributed by atoms with Gasteiger partial charge in [-0.1, -0.05) is 11.8 Å². The van der Waals surface area contributed by atoms with E-state index in [4.69, 9.17) is 5.73 Å². The summed E-state index contributed by atoms with van der Waals surface area (Å²) >= 11 is 1.64. The second-order valence-electron chi connectivity index (χ2n) is 4.46. The molecule has 2 aromatic rings. The SMILES string of the molecule is CC1=C(c2cn[nH]c2)N(c2cc(C)ccn2)C(N)S1. The normalized spacial score (nSPS) is 19.3. The molecule has 0 bridgehead atoms. The van der Waals surface area contributed by atoms with E-state index in [2.05, 4.69) is 27.0 Å². The number of hydrogen-bond acceptors (Lipinski definition) is 5. The maximum Gasteiger partial charge on any atom is 0.135 e. The zero-order valence-electron chi connectivity index (χ0n) is 10.8. The molecule has 1 aliphatic heterocycles. The van der Waals surface area contributed by atoms with Gasteiger partial charge in [0.15, 0.2) is 0 Å². The minimum Gasteiger partial charge on any atom is -0.302 e. The first-order chi connectivity index (χ1) is 9.16. The fourth-order valence-corrected chi connectivity index (χ4v) is 3.22. The third kappa shape index (κ3) is 2.13. The molecule has 0 saturated carbocycles. The molecule has 0 saturated heterocycles. The molecule has 0 spiro atoms. The number of nitrogens with two attached hydrogens (primary N) is 1. The summed E-state index contributed by atoms with van der Waals surface area (Å²) in [7, 11) is 0. The Hall–Kier alpha value is -1.79. The van der Waals surface area contributed by atoms with Crippen LogP contribution in [0.1, 0.15) is 18.1 Å². The molecular formula is C13H15N5S. The number of rotatable bonds is 2. The number of aromatic nitrogens is 3. The first-order valence-corrected chi connectivity index (χ1v) is 6.89. The monoisotopic (exact) mass is 273 g/mol. The Morgan fingerprint density at radius 1 is 1.42 bits per heavy atom. The summed E-state index contributed by atoms with van der Waals surface area (Å²) in [6, 6.07) is 4.02. The van der Waals surface area contributed by atoms with Crippen molar-refractivity contribution >= 4 is 23.3 Å². The highest BCUT2D eigenvalue weighted by atomic mass is 32.2. The molecule has 5 nitrogen and oxygen atoms in total. The van der Waals surface area contributed by atoms with Gasteiger partial charge in [0, 0.05) is 22.9 Å². The van der Waals surface area contributed by atoms with Crippen molar-refractivity contribution in [3.8, 4) is 0 Å². The minimum atomic E-state index is -0.154. The molecule has 1 aliphatic rings. The number of H-pyrrole nitrogens is 1. The second kappa shape index (κ2) is 4.71. The third-order valence-electron chi connectivity index (χ3n) is 3.05. The number of aryl methyl sites for hydroxylation is 1. The summed E-state index contributed by atoms with van der Waals surface area (Å²) in [6.45, 7) is 4.12. The lowest BCUT2D eigenvalue weighted by molar-refractivity contribution is 0.914. The van der Waals surface area contributed by atoms with Gasteiger partial charge in [-0.05, 0) is 31.5 Å². The van der Waals surface area contributed by atoms with E-state index >= 15 is 0 Å². The van der Waals surface area contributed by atoms with Gasteiger partial charge in [-0.2, -0.15) is 5.10 Å². The molecule has 3 rings (SSSR count). The fraction of sp³-hybridized carbons (Fsp3) is 0.231. The van der Waals surface area contributed by atoms with Gasteiger partial charge >= 0.3 is 0 Å². The van der Waals surface area contributed by atoms with E-state index in [9.17, 15) is 0 Å². The molecule has 98 valence electrons. The Bertz CT molecular complexity index is 620. The molecular weight excluding hydrogens is 258 g/mol. The van der Waals surface area contributed by atoms with Gasteiger partial charge < -0.3 is 5.73 Å². The number of allylic oxidation sites excluding steroid dienone is 1. The predicted molar refractivity (Wildman–Crippen MR) is 78.2 cm³/mol. The van der Waals surface area contributed by atoms with Crippen LogP contribution in [0.4, 0.5) is 5.82 Å². The smallest absolute Gasteiger partial charge is 0.135 e. The van der Waals surface area contributed by atoms with Crippen LogP contribution in [0.5, 0.6) is 0 Å². The van der Waals surface area contributed by atoms with Crippen molar-refractivity contribution in [3.63, 3.8) is 0 Å². The predicted octanol–water partition coefficient (Wildman–Crippen LogP) is 2.30. The van der Waals surface area contributed by atoms with Crippen LogP contribution >= 0.6 is 11.8 Å². The highest BCUT2D eigenvalue weighted by molar-refractivity contribution is 8.04. The lowest BCUT2D eigenvalue weighted by Gasteiger charge is -2.25. The summed E-state index contributed by atoms with van der Waals surface area (Å²) in [5, 5.41) is 6.86. The molecule has 0 radical (unpaired) electrons. The highest BCUT2D eigenvalue weighted by Gasteiger charge is 2.31.